The molecule has 0 aromatic carbocycles. The molecule has 0 aromatic rings. The summed E-state index contributed by atoms with van der Waals surface area (Å²) in [5.74, 6) is 0.305. The Morgan fingerprint density at radius 1 is 1.47 bits per heavy atom. The number of hydrogen-bond donors (Lipinski definition) is 3. The fourth-order valence-corrected chi connectivity index (χ4v) is 1.08. The third kappa shape index (κ3) is 5.64. The van der Waals surface area contributed by atoms with Crippen LogP contribution >= 0.6 is 0 Å². The van der Waals surface area contributed by atoms with E-state index in [0.717, 1.165) is 6.54 Å². The van der Waals surface area contributed by atoms with Crippen LogP contribution in [0.3, 0.4) is 0 Å². The maximum atomic E-state index is 11.8. The Balaban J connectivity index is 1.96. The van der Waals surface area contributed by atoms with E-state index >= 15 is 0 Å². The average Bonchev–Trinajstić information content (AvgIpc) is 2.97. The second-order valence-electron chi connectivity index (χ2n) is 3.78. The van der Waals surface area contributed by atoms with E-state index in [1.54, 1.807) is 0 Å². The van der Waals surface area contributed by atoms with Gasteiger partial charge in [0.1, 0.15) is 6.10 Å². The first-order chi connectivity index (χ1) is 7.09. The van der Waals surface area contributed by atoms with Gasteiger partial charge in [0, 0.05) is 6.54 Å². The molecule has 1 aliphatic rings. The molecule has 1 fully saturated rings. The van der Waals surface area contributed by atoms with Crippen molar-refractivity contribution in [3.8, 4) is 0 Å². The smallest absolute Gasteiger partial charge is 0.265 e. The summed E-state index contributed by atoms with van der Waals surface area (Å²) < 4.78 is 23.7. The second kappa shape index (κ2) is 5.97. The van der Waals surface area contributed by atoms with E-state index in [1.165, 1.54) is 12.8 Å². The van der Waals surface area contributed by atoms with E-state index < -0.39 is 19.1 Å². The number of amides is 1. The number of aliphatic hydroxyl groups is 1. The highest BCUT2D eigenvalue weighted by atomic mass is 19.3. The van der Waals surface area contributed by atoms with Gasteiger partial charge in [-0.2, -0.15) is 0 Å². The van der Waals surface area contributed by atoms with Crippen LogP contribution in [0.1, 0.15) is 12.8 Å². The standard InChI is InChI=1S/C9H16F2N2O2/c10-9(11)7(14)4-13-8(15)5-12-3-6-1-2-6/h6-7,9,12,14H,1-5H2,(H,13,15). The summed E-state index contributed by atoms with van der Waals surface area (Å²) in [5, 5.41) is 13.9. The molecule has 0 aliphatic heterocycles. The highest BCUT2D eigenvalue weighted by Crippen LogP contribution is 2.27. The number of nitrogens with one attached hydrogen (secondary N) is 2. The van der Waals surface area contributed by atoms with Crippen LogP contribution in [0.15, 0.2) is 0 Å². The zero-order valence-electron chi connectivity index (χ0n) is 8.38. The van der Waals surface area contributed by atoms with Crippen LogP contribution in [0.2, 0.25) is 0 Å². The van der Waals surface area contributed by atoms with Gasteiger partial charge in [0.15, 0.2) is 0 Å². The van der Waals surface area contributed by atoms with Crippen molar-refractivity contribution in [2.75, 3.05) is 19.6 Å². The van der Waals surface area contributed by atoms with Gasteiger partial charge in [0.25, 0.3) is 6.43 Å². The van der Waals surface area contributed by atoms with E-state index in [1.807, 2.05) is 0 Å². The minimum Gasteiger partial charge on any atom is -0.385 e. The predicted octanol–water partition coefficient (Wildman–Crippen LogP) is -0.272. The Morgan fingerprint density at radius 3 is 2.67 bits per heavy atom. The third-order valence-electron chi connectivity index (χ3n) is 2.21. The van der Waals surface area contributed by atoms with Gasteiger partial charge in [-0.15, -0.1) is 0 Å². The van der Waals surface area contributed by atoms with Crippen molar-refractivity contribution in [1.82, 2.24) is 10.6 Å². The molecular formula is C9H16F2N2O2. The molecule has 1 saturated carbocycles. The van der Waals surface area contributed by atoms with Gasteiger partial charge in [0.2, 0.25) is 5.91 Å². The maximum absolute atomic E-state index is 11.8. The maximum Gasteiger partial charge on any atom is 0.265 e. The van der Waals surface area contributed by atoms with Crippen LogP contribution in [-0.4, -0.2) is 43.2 Å². The van der Waals surface area contributed by atoms with Crippen LogP contribution in [0, 0.1) is 5.92 Å². The third-order valence-corrected chi connectivity index (χ3v) is 2.21. The number of hydrogen-bond acceptors (Lipinski definition) is 3. The first kappa shape index (κ1) is 12.3. The predicted molar refractivity (Wildman–Crippen MR) is 50.6 cm³/mol. The Kier molecular flexibility index (Phi) is 4.90. The molecule has 15 heavy (non-hydrogen) atoms. The first-order valence-corrected chi connectivity index (χ1v) is 5.03. The lowest BCUT2D eigenvalue weighted by atomic mass is 10.3. The van der Waals surface area contributed by atoms with Crippen LogP contribution in [0.25, 0.3) is 0 Å². The monoisotopic (exact) mass is 222 g/mol. The molecule has 6 heteroatoms. The topological polar surface area (TPSA) is 61.4 Å². The van der Waals surface area contributed by atoms with Crippen molar-refractivity contribution in [3.05, 3.63) is 0 Å². The normalized spacial score (nSPS) is 17.9. The highest BCUT2D eigenvalue weighted by Gasteiger charge is 2.21. The average molecular weight is 222 g/mol. The van der Waals surface area contributed by atoms with Crippen molar-refractivity contribution in [1.29, 1.82) is 0 Å². The Hall–Kier alpha value is -0.750. The summed E-state index contributed by atoms with van der Waals surface area (Å²) >= 11 is 0. The van der Waals surface area contributed by atoms with Gasteiger partial charge in [-0.1, -0.05) is 0 Å². The minimum absolute atomic E-state index is 0.118. The van der Waals surface area contributed by atoms with Crippen LogP contribution in [0.5, 0.6) is 0 Å². The van der Waals surface area contributed by atoms with E-state index in [0.29, 0.717) is 5.92 Å². The van der Waals surface area contributed by atoms with Crippen molar-refractivity contribution in [2.24, 2.45) is 5.92 Å². The van der Waals surface area contributed by atoms with Gasteiger partial charge in [-0.25, -0.2) is 8.78 Å². The summed E-state index contributed by atoms with van der Waals surface area (Å²) in [4.78, 5) is 11.0. The Morgan fingerprint density at radius 2 is 2.13 bits per heavy atom. The molecule has 88 valence electrons. The molecule has 4 nitrogen and oxygen atoms in total. The molecule has 1 unspecified atom stereocenters. The Bertz CT molecular complexity index is 210. The van der Waals surface area contributed by atoms with Crippen molar-refractivity contribution in [3.63, 3.8) is 0 Å². The van der Waals surface area contributed by atoms with E-state index in [9.17, 15) is 13.6 Å². The SMILES string of the molecule is O=C(CNCC1CC1)NCC(O)C(F)F. The zero-order valence-corrected chi connectivity index (χ0v) is 8.38. The van der Waals surface area contributed by atoms with Crippen molar-refractivity contribution >= 4 is 5.91 Å². The number of halogens is 2. The number of carbonyl (C=O) groups excluding carboxylic acids is 1. The molecule has 0 aromatic heterocycles. The molecule has 0 radical (unpaired) electrons. The molecule has 1 atom stereocenters. The van der Waals surface area contributed by atoms with Gasteiger partial charge in [-0.05, 0) is 25.3 Å². The summed E-state index contributed by atoms with van der Waals surface area (Å²) in [6, 6.07) is 0. The number of alkyl halides is 2. The van der Waals surface area contributed by atoms with Crippen molar-refractivity contribution < 1.29 is 18.7 Å². The van der Waals surface area contributed by atoms with Crippen LogP contribution in [-0.2, 0) is 4.79 Å². The molecule has 0 bridgehead atoms. The number of rotatable bonds is 7. The number of aliphatic hydroxyl groups excluding tert-OH is 1. The van der Waals surface area contributed by atoms with Gasteiger partial charge in [-0.3, -0.25) is 4.79 Å². The molecular weight excluding hydrogens is 206 g/mol. The number of carbonyl (C=O) groups is 1. The summed E-state index contributed by atoms with van der Waals surface area (Å²) in [7, 11) is 0. The summed E-state index contributed by atoms with van der Waals surface area (Å²) in [5.41, 5.74) is 0. The molecule has 0 saturated heterocycles. The fraction of sp³-hybridized carbons (Fsp3) is 0.889. The van der Waals surface area contributed by atoms with E-state index in [-0.39, 0.29) is 12.5 Å². The summed E-state index contributed by atoms with van der Waals surface area (Å²) in [6.45, 7) is 0.513. The molecule has 3 N–H and O–H groups in total. The largest absolute Gasteiger partial charge is 0.385 e. The van der Waals surface area contributed by atoms with Crippen LogP contribution < -0.4 is 10.6 Å². The Labute approximate surface area is 87.0 Å². The zero-order chi connectivity index (χ0) is 11.3. The molecule has 1 rings (SSSR count). The molecule has 1 amide bonds. The van der Waals surface area contributed by atoms with Crippen molar-refractivity contribution in [2.45, 2.75) is 25.4 Å². The molecule has 0 spiro atoms. The van der Waals surface area contributed by atoms with Gasteiger partial charge in [0.05, 0.1) is 6.54 Å². The fourth-order valence-electron chi connectivity index (χ4n) is 1.08. The summed E-state index contributed by atoms with van der Waals surface area (Å²) in [6.07, 6.45) is -2.21. The van der Waals surface area contributed by atoms with Crippen LogP contribution in [0.4, 0.5) is 8.78 Å². The van der Waals surface area contributed by atoms with E-state index in [4.69, 9.17) is 5.11 Å². The first-order valence-electron chi connectivity index (χ1n) is 5.03. The lowest BCUT2D eigenvalue weighted by Gasteiger charge is -2.10. The second-order valence-corrected chi connectivity index (χ2v) is 3.78. The van der Waals surface area contributed by atoms with Gasteiger partial charge >= 0.3 is 0 Å². The molecule has 0 heterocycles. The van der Waals surface area contributed by atoms with E-state index in [2.05, 4.69) is 10.6 Å². The molecule has 1 aliphatic carbocycles. The minimum atomic E-state index is -2.82. The quantitative estimate of drug-likeness (QED) is 0.555. The lowest BCUT2D eigenvalue weighted by molar-refractivity contribution is -0.121. The van der Waals surface area contributed by atoms with Gasteiger partial charge < -0.3 is 15.7 Å². The highest BCUT2D eigenvalue weighted by molar-refractivity contribution is 5.77. The lowest BCUT2D eigenvalue weighted by Crippen LogP contribution is -2.40.